The smallest absolute Gasteiger partial charge is 0.147 e. The molecule has 0 aliphatic heterocycles. The second kappa shape index (κ2) is 4.49. The Morgan fingerprint density at radius 1 is 1.33 bits per heavy atom. The molecule has 0 aliphatic rings. The molecule has 66 valence electrons. The van der Waals surface area contributed by atoms with Gasteiger partial charge in [0, 0.05) is 5.88 Å². The molecule has 1 nitrogen and oxygen atoms in total. The lowest BCUT2D eigenvalue weighted by Gasteiger charge is -2.07. The second-order valence-corrected chi connectivity index (χ2v) is 4.20. The summed E-state index contributed by atoms with van der Waals surface area (Å²) in [7, 11) is 1.63. The molecule has 0 saturated heterocycles. The van der Waals surface area contributed by atoms with Gasteiger partial charge in [-0.25, -0.2) is 0 Å². The van der Waals surface area contributed by atoms with Crippen LogP contribution in [0.1, 0.15) is 5.56 Å². The van der Waals surface area contributed by atoms with Gasteiger partial charge in [0.2, 0.25) is 0 Å². The van der Waals surface area contributed by atoms with Crippen molar-refractivity contribution in [2.45, 2.75) is 5.88 Å². The van der Waals surface area contributed by atoms with Crippen molar-refractivity contribution in [3.05, 3.63) is 26.6 Å². The summed E-state index contributed by atoms with van der Waals surface area (Å²) in [6.45, 7) is 0. The molecule has 0 bridgehead atoms. The molecule has 0 unspecified atom stereocenters. The molecule has 0 fully saturated rings. The van der Waals surface area contributed by atoms with E-state index in [1.807, 2.05) is 12.1 Å². The fraction of sp³-hybridized carbons (Fsp3) is 0.250. The highest BCUT2D eigenvalue weighted by molar-refractivity contribution is 9.11. The zero-order valence-electron chi connectivity index (χ0n) is 6.40. The van der Waals surface area contributed by atoms with E-state index in [1.165, 1.54) is 0 Å². The summed E-state index contributed by atoms with van der Waals surface area (Å²) in [6, 6.07) is 3.88. The Labute approximate surface area is 93.3 Å². The van der Waals surface area contributed by atoms with Crippen LogP contribution in [0.15, 0.2) is 21.1 Å². The van der Waals surface area contributed by atoms with Gasteiger partial charge in [-0.2, -0.15) is 0 Å². The highest BCUT2D eigenvalue weighted by atomic mass is 79.9. The molecule has 0 spiro atoms. The topological polar surface area (TPSA) is 9.23 Å². The first kappa shape index (κ1) is 10.4. The van der Waals surface area contributed by atoms with E-state index >= 15 is 0 Å². The third-order valence-corrected chi connectivity index (χ3v) is 2.90. The van der Waals surface area contributed by atoms with Gasteiger partial charge in [0.1, 0.15) is 5.75 Å². The Bertz CT molecular complexity index is 265. The molecule has 0 amide bonds. The maximum absolute atomic E-state index is 5.68. The normalized spacial score (nSPS) is 10.0. The number of halogens is 3. The molecule has 0 aromatic heterocycles. The first-order chi connectivity index (χ1) is 5.69. The molecule has 0 aliphatic carbocycles. The SMILES string of the molecule is COc1c(Br)cc(CCl)cc1Br. The van der Waals surface area contributed by atoms with Gasteiger partial charge in [0.25, 0.3) is 0 Å². The monoisotopic (exact) mass is 312 g/mol. The lowest BCUT2D eigenvalue weighted by atomic mass is 10.2. The minimum Gasteiger partial charge on any atom is -0.494 e. The third-order valence-electron chi connectivity index (χ3n) is 1.42. The summed E-state index contributed by atoms with van der Waals surface area (Å²) in [6.07, 6.45) is 0. The van der Waals surface area contributed by atoms with E-state index in [1.54, 1.807) is 7.11 Å². The Hall–Kier alpha value is 0.270. The first-order valence-corrected chi connectivity index (χ1v) is 5.39. The molecule has 0 saturated carbocycles. The van der Waals surface area contributed by atoms with Crippen molar-refractivity contribution in [2.75, 3.05) is 7.11 Å². The zero-order valence-corrected chi connectivity index (χ0v) is 10.3. The molecular formula is C8H7Br2ClO. The van der Waals surface area contributed by atoms with Crippen molar-refractivity contribution in [3.63, 3.8) is 0 Å². The van der Waals surface area contributed by atoms with Crippen molar-refractivity contribution in [2.24, 2.45) is 0 Å². The maximum atomic E-state index is 5.68. The Kier molecular flexibility index (Phi) is 3.87. The summed E-state index contributed by atoms with van der Waals surface area (Å²) in [5, 5.41) is 0. The van der Waals surface area contributed by atoms with Gasteiger partial charge in [-0.05, 0) is 49.6 Å². The van der Waals surface area contributed by atoms with Crippen molar-refractivity contribution in [3.8, 4) is 5.75 Å². The van der Waals surface area contributed by atoms with Gasteiger partial charge in [-0.1, -0.05) is 0 Å². The van der Waals surface area contributed by atoms with Crippen LogP contribution in [0.3, 0.4) is 0 Å². The summed E-state index contributed by atoms with van der Waals surface area (Å²) in [5.41, 5.74) is 1.05. The van der Waals surface area contributed by atoms with E-state index in [2.05, 4.69) is 31.9 Å². The number of rotatable bonds is 2. The standard InChI is InChI=1S/C8H7Br2ClO/c1-12-8-6(9)2-5(4-11)3-7(8)10/h2-3H,4H2,1H3. The number of methoxy groups -OCH3 is 1. The summed E-state index contributed by atoms with van der Waals surface area (Å²) in [5.74, 6) is 1.30. The van der Waals surface area contributed by atoms with Crippen LogP contribution in [0, 0.1) is 0 Å². The Balaban J connectivity index is 3.18. The molecule has 1 rings (SSSR count). The molecule has 1 aromatic carbocycles. The highest BCUT2D eigenvalue weighted by Crippen LogP contribution is 2.34. The maximum Gasteiger partial charge on any atom is 0.147 e. The largest absolute Gasteiger partial charge is 0.494 e. The molecule has 0 N–H and O–H groups in total. The number of alkyl halides is 1. The van der Waals surface area contributed by atoms with Gasteiger partial charge in [-0.3, -0.25) is 0 Å². The number of benzene rings is 1. The van der Waals surface area contributed by atoms with E-state index in [-0.39, 0.29) is 0 Å². The molecule has 0 heterocycles. The molecule has 1 aromatic rings. The van der Waals surface area contributed by atoms with Gasteiger partial charge >= 0.3 is 0 Å². The number of hydrogen-bond acceptors (Lipinski definition) is 1. The molecule has 4 heteroatoms. The quantitative estimate of drug-likeness (QED) is 0.751. The highest BCUT2D eigenvalue weighted by Gasteiger charge is 2.06. The van der Waals surface area contributed by atoms with Crippen LogP contribution in [0.5, 0.6) is 5.75 Å². The third kappa shape index (κ3) is 2.15. The van der Waals surface area contributed by atoms with Crippen molar-refractivity contribution < 1.29 is 4.74 Å². The van der Waals surface area contributed by atoms with Crippen LogP contribution in [-0.2, 0) is 5.88 Å². The van der Waals surface area contributed by atoms with Crippen LogP contribution in [-0.4, -0.2) is 7.11 Å². The predicted molar refractivity (Wildman–Crippen MR) is 58.0 cm³/mol. The second-order valence-electron chi connectivity index (χ2n) is 2.23. The fourth-order valence-electron chi connectivity index (χ4n) is 0.885. The molecule has 0 atom stereocenters. The van der Waals surface area contributed by atoms with Crippen molar-refractivity contribution in [1.29, 1.82) is 0 Å². The van der Waals surface area contributed by atoms with E-state index in [0.29, 0.717) is 5.88 Å². The fourth-order valence-corrected chi connectivity index (χ4v) is 2.64. The summed E-state index contributed by atoms with van der Waals surface area (Å²) >= 11 is 12.5. The van der Waals surface area contributed by atoms with E-state index < -0.39 is 0 Å². The Morgan fingerprint density at radius 3 is 2.17 bits per heavy atom. The van der Waals surface area contributed by atoms with Crippen LogP contribution in [0.2, 0.25) is 0 Å². The van der Waals surface area contributed by atoms with E-state index in [0.717, 1.165) is 20.3 Å². The summed E-state index contributed by atoms with van der Waals surface area (Å²) < 4.78 is 6.96. The lowest BCUT2D eigenvalue weighted by molar-refractivity contribution is 0.409. The van der Waals surface area contributed by atoms with Gasteiger partial charge in [-0.15, -0.1) is 11.6 Å². The van der Waals surface area contributed by atoms with Crippen LogP contribution >= 0.6 is 43.5 Å². The van der Waals surface area contributed by atoms with Gasteiger partial charge < -0.3 is 4.74 Å². The van der Waals surface area contributed by atoms with Crippen LogP contribution in [0.25, 0.3) is 0 Å². The average molecular weight is 314 g/mol. The molecular weight excluding hydrogens is 307 g/mol. The predicted octanol–water partition coefficient (Wildman–Crippen LogP) is 3.96. The average Bonchev–Trinajstić information content (AvgIpc) is 2.03. The minimum atomic E-state index is 0.501. The van der Waals surface area contributed by atoms with E-state index in [9.17, 15) is 0 Å². The van der Waals surface area contributed by atoms with Crippen molar-refractivity contribution >= 4 is 43.5 Å². The van der Waals surface area contributed by atoms with Crippen LogP contribution in [0.4, 0.5) is 0 Å². The van der Waals surface area contributed by atoms with Gasteiger partial charge in [0.05, 0.1) is 16.1 Å². The van der Waals surface area contributed by atoms with Crippen molar-refractivity contribution in [1.82, 2.24) is 0 Å². The van der Waals surface area contributed by atoms with Crippen LogP contribution < -0.4 is 4.74 Å². The minimum absolute atomic E-state index is 0.501. The summed E-state index contributed by atoms with van der Waals surface area (Å²) in [4.78, 5) is 0. The molecule has 0 radical (unpaired) electrons. The number of hydrogen-bond donors (Lipinski definition) is 0. The lowest BCUT2D eigenvalue weighted by Crippen LogP contribution is -1.88. The molecule has 12 heavy (non-hydrogen) atoms. The zero-order chi connectivity index (χ0) is 9.14. The van der Waals surface area contributed by atoms with Gasteiger partial charge in [0.15, 0.2) is 0 Å². The Morgan fingerprint density at radius 2 is 1.83 bits per heavy atom. The van der Waals surface area contributed by atoms with E-state index in [4.69, 9.17) is 16.3 Å². The first-order valence-electron chi connectivity index (χ1n) is 3.27. The number of ether oxygens (including phenoxy) is 1.